The highest BCUT2D eigenvalue weighted by Gasteiger charge is 2.14. The molecule has 100 valence electrons. The zero-order valence-corrected chi connectivity index (χ0v) is 12.1. The first kappa shape index (κ1) is 13.8. The summed E-state index contributed by atoms with van der Waals surface area (Å²) in [6.45, 7) is 2.00. The molecule has 2 aromatic rings. The third-order valence-electron chi connectivity index (χ3n) is 2.39. The zero-order valence-electron chi connectivity index (χ0n) is 10.5. The Balaban J connectivity index is 2.28. The van der Waals surface area contributed by atoms with Crippen molar-refractivity contribution in [3.63, 3.8) is 0 Å². The van der Waals surface area contributed by atoms with E-state index in [1.54, 1.807) is 0 Å². The molecule has 0 unspecified atom stereocenters. The molecule has 0 bridgehead atoms. The van der Waals surface area contributed by atoms with E-state index >= 15 is 0 Å². The van der Waals surface area contributed by atoms with Gasteiger partial charge in [-0.05, 0) is 30.8 Å². The highest BCUT2D eigenvalue weighted by atomic mass is 32.2. The van der Waals surface area contributed by atoms with E-state index in [-0.39, 0.29) is 10.7 Å². The second kappa shape index (κ2) is 5.18. The lowest BCUT2D eigenvalue weighted by molar-refractivity contribution is 0.601. The van der Waals surface area contributed by atoms with Crippen molar-refractivity contribution in [2.45, 2.75) is 21.9 Å². The number of sulfone groups is 1. The predicted octanol–water partition coefficient (Wildman–Crippen LogP) is 1.92. The molecule has 2 rings (SSSR count). The van der Waals surface area contributed by atoms with Gasteiger partial charge in [0, 0.05) is 11.2 Å². The lowest BCUT2D eigenvalue weighted by Crippen LogP contribution is -2.06. The van der Waals surface area contributed by atoms with E-state index in [1.807, 2.05) is 31.2 Å². The molecule has 0 fully saturated rings. The van der Waals surface area contributed by atoms with Gasteiger partial charge in [0.05, 0.1) is 6.20 Å². The molecule has 0 atom stereocenters. The maximum atomic E-state index is 11.4. The van der Waals surface area contributed by atoms with Crippen molar-refractivity contribution in [1.29, 1.82) is 0 Å². The van der Waals surface area contributed by atoms with Crippen LogP contribution >= 0.6 is 11.8 Å². The van der Waals surface area contributed by atoms with E-state index in [0.717, 1.165) is 16.7 Å². The number of rotatable bonds is 3. The van der Waals surface area contributed by atoms with Gasteiger partial charge in [-0.3, -0.25) is 0 Å². The van der Waals surface area contributed by atoms with E-state index in [9.17, 15) is 8.42 Å². The summed E-state index contributed by atoms with van der Waals surface area (Å²) >= 11 is 1.33. The minimum absolute atomic E-state index is 0.0212. The monoisotopic (exact) mass is 295 g/mol. The number of hydrogen-bond donors (Lipinski definition) is 1. The minimum Gasteiger partial charge on any atom is -0.382 e. The quantitative estimate of drug-likeness (QED) is 0.871. The van der Waals surface area contributed by atoms with Crippen LogP contribution in [-0.4, -0.2) is 24.6 Å². The molecule has 19 heavy (non-hydrogen) atoms. The van der Waals surface area contributed by atoms with Crippen LogP contribution < -0.4 is 5.73 Å². The standard InChI is InChI=1S/C12H13N3O2S2/c1-8-3-5-9(6-4-8)18-12-14-7-10(11(13)15-12)19(2,16)17/h3-7H,1-2H3,(H2,13,14,15). The van der Waals surface area contributed by atoms with E-state index < -0.39 is 9.84 Å². The first-order valence-electron chi connectivity index (χ1n) is 5.43. The van der Waals surface area contributed by atoms with Crippen LogP contribution in [-0.2, 0) is 9.84 Å². The minimum atomic E-state index is -3.39. The van der Waals surface area contributed by atoms with E-state index in [4.69, 9.17) is 5.73 Å². The van der Waals surface area contributed by atoms with E-state index in [1.165, 1.54) is 18.0 Å². The molecular weight excluding hydrogens is 282 g/mol. The van der Waals surface area contributed by atoms with Crippen molar-refractivity contribution in [3.05, 3.63) is 36.0 Å². The first-order valence-corrected chi connectivity index (χ1v) is 8.14. The van der Waals surface area contributed by atoms with Gasteiger partial charge >= 0.3 is 0 Å². The molecule has 0 aliphatic heterocycles. The normalized spacial score (nSPS) is 11.5. The maximum Gasteiger partial charge on any atom is 0.194 e. The van der Waals surface area contributed by atoms with Crippen molar-refractivity contribution in [2.75, 3.05) is 12.0 Å². The van der Waals surface area contributed by atoms with Gasteiger partial charge in [0.1, 0.15) is 10.7 Å². The Kier molecular flexibility index (Phi) is 3.77. The Morgan fingerprint density at radius 2 is 1.84 bits per heavy atom. The van der Waals surface area contributed by atoms with Crippen molar-refractivity contribution < 1.29 is 8.42 Å². The number of aryl methyl sites for hydroxylation is 1. The van der Waals surface area contributed by atoms with E-state index in [2.05, 4.69) is 9.97 Å². The third-order valence-corrected chi connectivity index (χ3v) is 4.39. The molecule has 1 heterocycles. The zero-order chi connectivity index (χ0) is 14.0. The van der Waals surface area contributed by atoms with Crippen LogP contribution in [0.15, 0.2) is 45.4 Å². The Bertz CT molecular complexity index is 697. The first-order chi connectivity index (χ1) is 8.86. The Hall–Kier alpha value is -1.60. The lowest BCUT2D eigenvalue weighted by atomic mass is 10.2. The van der Waals surface area contributed by atoms with Crippen molar-refractivity contribution >= 4 is 27.4 Å². The highest BCUT2D eigenvalue weighted by Crippen LogP contribution is 2.26. The third kappa shape index (κ3) is 3.45. The summed E-state index contributed by atoms with van der Waals surface area (Å²) in [5, 5.41) is 0.425. The summed E-state index contributed by atoms with van der Waals surface area (Å²) in [5.74, 6) is -0.0212. The van der Waals surface area contributed by atoms with Crippen LogP contribution in [0, 0.1) is 6.92 Å². The topological polar surface area (TPSA) is 85.9 Å². The SMILES string of the molecule is Cc1ccc(Sc2ncc(S(C)(=O)=O)c(N)n2)cc1. The maximum absolute atomic E-state index is 11.4. The van der Waals surface area contributed by atoms with Crippen LogP contribution in [0.5, 0.6) is 0 Å². The summed E-state index contributed by atoms with van der Waals surface area (Å²) < 4.78 is 22.8. The number of nitrogens with two attached hydrogens (primary N) is 1. The Morgan fingerprint density at radius 1 is 1.21 bits per heavy atom. The van der Waals surface area contributed by atoms with Gasteiger partial charge in [-0.2, -0.15) is 0 Å². The number of aromatic nitrogens is 2. The number of hydrogen-bond acceptors (Lipinski definition) is 6. The van der Waals surface area contributed by atoms with Gasteiger partial charge in [-0.1, -0.05) is 17.7 Å². The van der Waals surface area contributed by atoms with Crippen LogP contribution in [0.25, 0.3) is 0 Å². The van der Waals surface area contributed by atoms with Gasteiger partial charge < -0.3 is 5.73 Å². The number of anilines is 1. The summed E-state index contributed by atoms with van der Waals surface area (Å²) in [7, 11) is -3.39. The molecule has 0 amide bonds. The number of benzene rings is 1. The summed E-state index contributed by atoms with van der Waals surface area (Å²) in [6, 6.07) is 7.86. The highest BCUT2D eigenvalue weighted by molar-refractivity contribution is 7.99. The second-order valence-electron chi connectivity index (χ2n) is 4.09. The van der Waals surface area contributed by atoms with Gasteiger partial charge in [-0.15, -0.1) is 0 Å². The molecule has 0 aliphatic carbocycles. The lowest BCUT2D eigenvalue weighted by Gasteiger charge is -2.05. The number of nitrogen functional groups attached to an aromatic ring is 1. The van der Waals surface area contributed by atoms with Crippen molar-refractivity contribution in [1.82, 2.24) is 9.97 Å². The largest absolute Gasteiger partial charge is 0.382 e. The average Bonchev–Trinajstić information content (AvgIpc) is 2.30. The molecule has 0 aliphatic rings. The van der Waals surface area contributed by atoms with Gasteiger partial charge in [-0.25, -0.2) is 18.4 Å². The molecule has 7 heteroatoms. The fourth-order valence-corrected chi connectivity index (χ4v) is 2.82. The van der Waals surface area contributed by atoms with Crippen LogP contribution in [0.4, 0.5) is 5.82 Å². The molecule has 0 saturated heterocycles. The van der Waals surface area contributed by atoms with Crippen LogP contribution in [0.1, 0.15) is 5.56 Å². The Morgan fingerprint density at radius 3 is 2.37 bits per heavy atom. The smallest absolute Gasteiger partial charge is 0.194 e. The fourth-order valence-electron chi connectivity index (χ4n) is 1.41. The number of nitrogens with zero attached hydrogens (tertiary/aromatic N) is 2. The summed E-state index contributed by atoms with van der Waals surface area (Å²) in [4.78, 5) is 8.95. The fraction of sp³-hybridized carbons (Fsp3) is 0.167. The summed E-state index contributed by atoms with van der Waals surface area (Å²) in [5.41, 5.74) is 6.81. The second-order valence-corrected chi connectivity index (χ2v) is 7.11. The van der Waals surface area contributed by atoms with Crippen molar-refractivity contribution in [2.24, 2.45) is 0 Å². The molecule has 0 radical (unpaired) electrons. The van der Waals surface area contributed by atoms with Crippen molar-refractivity contribution in [3.8, 4) is 0 Å². The van der Waals surface area contributed by atoms with Gasteiger partial charge in [0.2, 0.25) is 0 Å². The van der Waals surface area contributed by atoms with Crippen LogP contribution in [0.2, 0.25) is 0 Å². The molecule has 0 spiro atoms. The van der Waals surface area contributed by atoms with Gasteiger partial charge in [0.15, 0.2) is 15.0 Å². The Labute approximate surface area is 116 Å². The van der Waals surface area contributed by atoms with Gasteiger partial charge in [0.25, 0.3) is 0 Å². The van der Waals surface area contributed by atoms with Crippen LogP contribution in [0.3, 0.4) is 0 Å². The molecule has 1 aromatic carbocycles. The molecule has 0 saturated carbocycles. The van der Waals surface area contributed by atoms with E-state index in [0.29, 0.717) is 5.16 Å². The molecule has 2 N–H and O–H groups in total. The molecule has 5 nitrogen and oxygen atoms in total. The molecule has 1 aromatic heterocycles. The predicted molar refractivity (Wildman–Crippen MR) is 74.9 cm³/mol. The molecular formula is C12H13N3O2S2. The summed E-state index contributed by atoms with van der Waals surface area (Å²) in [6.07, 6.45) is 2.32. The average molecular weight is 295 g/mol.